The zero-order valence-electron chi connectivity index (χ0n) is 5.87. The van der Waals surface area contributed by atoms with Gasteiger partial charge < -0.3 is 0 Å². The van der Waals surface area contributed by atoms with Gasteiger partial charge in [-0.15, -0.1) is 0 Å². The maximum absolute atomic E-state index is 8.43. The maximum Gasteiger partial charge on any atom is 0.154 e. The second kappa shape index (κ2) is 2.94. The molecule has 0 fully saturated rings. The fraction of sp³-hybridized carbons (Fsp3) is 0.167. The van der Waals surface area contributed by atoms with Crippen LogP contribution >= 0.6 is 0 Å². The van der Waals surface area contributed by atoms with Gasteiger partial charge in [-0.1, -0.05) is 0 Å². The molecular weight excluding hydrogens is 144 g/mol. The van der Waals surface area contributed by atoms with Gasteiger partial charge in [0.15, 0.2) is 5.82 Å². The summed E-state index contributed by atoms with van der Waals surface area (Å²) in [5.74, 6) is 0.676. The minimum absolute atomic E-state index is 0.231. The summed E-state index contributed by atoms with van der Waals surface area (Å²) < 4.78 is 0. The first-order valence-corrected chi connectivity index (χ1v) is 2.92. The predicted molar refractivity (Wildman–Crippen MR) is 36.9 cm³/mol. The average molecular weight is 150 g/mol. The Morgan fingerprint density at radius 3 is 2.91 bits per heavy atom. The van der Waals surface area contributed by atoms with Crippen molar-refractivity contribution in [1.82, 2.24) is 9.97 Å². The van der Waals surface area contributed by atoms with Gasteiger partial charge in [0.1, 0.15) is 17.6 Å². The highest BCUT2D eigenvalue weighted by atomic mass is 16.5. The van der Waals surface area contributed by atoms with E-state index in [9.17, 15) is 0 Å². The highest BCUT2D eigenvalue weighted by molar-refractivity contribution is 5.37. The SMILES string of the molecule is Cc1nc(C#N)cc(NO)n1. The molecule has 0 saturated heterocycles. The van der Waals surface area contributed by atoms with Gasteiger partial charge in [-0.25, -0.2) is 9.97 Å². The molecule has 1 aromatic heterocycles. The van der Waals surface area contributed by atoms with E-state index in [-0.39, 0.29) is 11.5 Å². The summed E-state index contributed by atoms with van der Waals surface area (Å²) in [6.07, 6.45) is 0. The molecule has 0 aliphatic heterocycles. The monoisotopic (exact) mass is 150 g/mol. The fourth-order valence-corrected chi connectivity index (χ4v) is 0.682. The summed E-state index contributed by atoms with van der Waals surface area (Å²) in [6.45, 7) is 1.64. The van der Waals surface area contributed by atoms with E-state index in [0.29, 0.717) is 5.82 Å². The summed E-state index contributed by atoms with van der Waals surface area (Å²) in [4.78, 5) is 7.55. The lowest BCUT2D eigenvalue weighted by Crippen LogP contribution is -1.98. The first-order chi connectivity index (χ1) is 5.26. The highest BCUT2D eigenvalue weighted by Gasteiger charge is 1.98. The summed E-state index contributed by atoms with van der Waals surface area (Å²) in [7, 11) is 0. The molecule has 0 bridgehead atoms. The van der Waals surface area contributed by atoms with Crippen LogP contribution in [0, 0.1) is 18.3 Å². The molecule has 0 saturated carbocycles. The lowest BCUT2D eigenvalue weighted by molar-refractivity contribution is 0.385. The second-order valence-corrected chi connectivity index (χ2v) is 1.91. The van der Waals surface area contributed by atoms with Crippen LogP contribution in [0.5, 0.6) is 0 Å². The van der Waals surface area contributed by atoms with E-state index >= 15 is 0 Å². The molecule has 0 unspecified atom stereocenters. The van der Waals surface area contributed by atoms with Crippen molar-refractivity contribution in [2.24, 2.45) is 0 Å². The minimum atomic E-state index is 0.231. The zero-order chi connectivity index (χ0) is 8.27. The number of nitriles is 1. The van der Waals surface area contributed by atoms with Gasteiger partial charge in [-0.2, -0.15) is 5.26 Å². The van der Waals surface area contributed by atoms with E-state index < -0.39 is 0 Å². The van der Waals surface area contributed by atoms with Crippen LogP contribution in [0.4, 0.5) is 5.82 Å². The molecule has 56 valence electrons. The van der Waals surface area contributed by atoms with Crippen molar-refractivity contribution in [1.29, 1.82) is 5.26 Å². The van der Waals surface area contributed by atoms with Crippen molar-refractivity contribution in [2.45, 2.75) is 6.92 Å². The quantitative estimate of drug-likeness (QED) is 0.568. The Hall–Kier alpha value is -1.67. The van der Waals surface area contributed by atoms with Gasteiger partial charge in [0.25, 0.3) is 0 Å². The van der Waals surface area contributed by atoms with E-state index in [1.165, 1.54) is 6.07 Å². The van der Waals surface area contributed by atoms with Crippen LogP contribution in [0.25, 0.3) is 0 Å². The van der Waals surface area contributed by atoms with Crippen LogP contribution in [-0.2, 0) is 0 Å². The topological polar surface area (TPSA) is 81.8 Å². The Balaban J connectivity index is 3.15. The lowest BCUT2D eigenvalue weighted by Gasteiger charge is -1.97. The van der Waals surface area contributed by atoms with Crippen LogP contribution in [0.3, 0.4) is 0 Å². The molecule has 0 atom stereocenters. The standard InChI is InChI=1S/C6H6N4O/c1-4-8-5(3-7)2-6(9-4)10-11/h2,11H,1H3,(H,8,9,10). The van der Waals surface area contributed by atoms with E-state index in [0.717, 1.165) is 0 Å². The largest absolute Gasteiger partial charge is 0.290 e. The predicted octanol–water partition coefficient (Wildman–Crippen LogP) is 0.458. The third kappa shape index (κ3) is 1.63. The number of nitrogens with zero attached hydrogens (tertiary/aromatic N) is 3. The van der Waals surface area contributed by atoms with Gasteiger partial charge in [-0.3, -0.25) is 10.7 Å². The van der Waals surface area contributed by atoms with Crippen molar-refractivity contribution >= 4 is 5.82 Å². The molecular formula is C6H6N4O. The third-order valence-corrected chi connectivity index (χ3v) is 1.07. The van der Waals surface area contributed by atoms with Crippen LogP contribution in [0.1, 0.15) is 11.5 Å². The summed E-state index contributed by atoms with van der Waals surface area (Å²) in [5.41, 5.74) is 2.07. The second-order valence-electron chi connectivity index (χ2n) is 1.91. The molecule has 1 heterocycles. The molecule has 0 aliphatic rings. The Labute approximate surface area is 63.3 Å². The number of hydrogen-bond donors (Lipinski definition) is 2. The molecule has 0 aromatic carbocycles. The van der Waals surface area contributed by atoms with E-state index in [2.05, 4.69) is 9.97 Å². The first kappa shape index (κ1) is 7.44. The molecule has 0 amide bonds. The van der Waals surface area contributed by atoms with Crippen LogP contribution in [-0.4, -0.2) is 15.2 Å². The van der Waals surface area contributed by atoms with Crippen molar-refractivity contribution < 1.29 is 5.21 Å². The third-order valence-electron chi connectivity index (χ3n) is 1.07. The highest BCUT2D eigenvalue weighted by Crippen LogP contribution is 2.03. The molecule has 5 heteroatoms. The molecule has 0 radical (unpaired) electrons. The Kier molecular flexibility index (Phi) is 1.99. The number of aryl methyl sites for hydroxylation is 1. The van der Waals surface area contributed by atoms with Gasteiger partial charge in [0.05, 0.1) is 0 Å². The number of aromatic nitrogens is 2. The molecule has 11 heavy (non-hydrogen) atoms. The minimum Gasteiger partial charge on any atom is -0.290 e. The smallest absolute Gasteiger partial charge is 0.154 e. The molecule has 0 aliphatic carbocycles. The number of nitrogens with one attached hydrogen (secondary N) is 1. The summed E-state index contributed by atoms with van der Waals surface area (Å²) in [5, 5.41) is 16.9. The summed E-state index contributed by atoms with van der Waals surface area (Å²) >= 11 is 0. The Morgan fingerprint density at radius 1 is 1.64 bits per heavy atom. The van der Waals surface area contributed by atoms with Crippen molar-refractivity contribution in [2.75, 3.05) is 5.48 Å². The molecule has 0 spiro atoms. The zero-order valence-corrected chi connectivity index (χ0v) is 5.87. The van der Waals surface area contributed by atoms with Crippen LogP contribution < -0.4 is 5.48 Å². The Morgan fingerprint density at radius 2 is 2.36 bits per heavy atom. The first-order valence-electron chi connectivity index (χ1n) is 2.92. The van der Waals surface area contributed by atoms with Crippen molar-refractivity contribution in [3.8, 4) is 6.07 Å². The van der Waals surface area contributed by atoms with Gasteiger partial charge in [-0.05, 0) is 6.92 Å². The summed E-state index contributed by atoms with van der Waals surface area (Å²) in [6, 6.07) is 3.19. The number of rotatable bonds is 1. The molecule has 5 nitrogen and oxygen atoms in total. The van der Waals surface area contributed by atoms with Crippen LogP contribution in [0.15, 0.2) is 6.07 Å². The van der Waals surface area contributed by atoms with Crippen LogP contribution in [0.2, 0.25) is 0 Å². The van der Waals surface area contributed by atoms with Crippen molar-refractivity contribution in [3.63, 3.8) is 0 Å². The number of hydrogen-bond acceptors (Lipinski definition) is 5. The van der Waals surface area contributed by atoms with E-state index in [4.69, 9.17) is 10.5 Å². The molecule has 1 rings (SSSR count). The van der Waals surface area contributed by atoms with Gasteiger partial charge >= 0.3 is 0 Å². The van der Waals surface area contributed by atoms with E-state index in [1.54, 1.807) is 6.92 Å². The lowest BCUT2D eigenvalue weighted by atomic mass is 10.4. The Bertz CT molecular complexity index is 304. The fourth-order valence-electron chi connectivity index (χ4n) is 0.682. The van der Waals surface area contributed by atoms with E-state index in [1.807, 2.05) is 11.5 Å². The van der Waals surface area contributed by atoms with Gasteiger partial charge in [0.2, 0.25) is 0 Å². The van der Waals surface area contributed by atoms with Crippen molar-refractivity contribution in [3.05, 3.63) is 17.6 Å². The normalized spacial score (nSPS) is 8.82. The van der Waals surface area contributed by atoms with Gasteiger partial charge in [0, 0.05) is 6.07 Å². The average Bonchev–Trinajstić information content (AvgIpc) is 2.03. The molecule has 1 aromatic rings. The maximum atomic E-state index is 8.43. The number of anilines is 1. The molecule has 2 N–H and O–H groups in total.